The Morgan fingerprint density at radius 2 is 1.75 bits per heavy atom. The lowest BCUT2D eigenvalue weighted by molar-refractivity contribution is -0.286. The molecule has 0 unspecified atom stereocenters. The number of carbonyl (C=O) groups is 1. The Labute approximate surface area is 240 Å². The maximum atomic E-state index is 14.4. The molecule has 4 aliphatic carbocycles. The van der Waals surface area contributed by atoms with Gasteiger partial charge in [0.2, 0.25) is 0 Å². The Morgan fingerprint density at radius 3 is 2.45 bits per heavy atom. The van der Waals surface area contributed by atoms with Gasteiger partial charge in [-0.05, 0) is 78.9 Å². The number of ether oxygens (including phenoxy) is 2. The molecule has 1 saturated heterocycles. The van der Waals surface area contributed by atoms with Gasteiger partial charge in [0.15, 0.2) is 12.1 Å². The summed E-state index contributed by atoms with van der Waals surface area (Å²) in [6, 6.07) is 0. The van der Waals surface area contributed by atoms with E-state index in [0.717, 1.165) is 38.5 Å². The summed E-state index contributed by atoms with van der Waals surface area (Å²) < 4.78 is 12.1. The van der Waals surface area contributed by atoms with Gasteiger partial charge in [-0.1, -0.05) is 65.3 Å². The van der Waals surface area contributed by atoms with Crippen molar-refractivity contribution >= 4 is 5.78 Å². The largest absolute Gasteiger partial charge is 0.393 e. The average molecular weight is 561 g/mol. The van der Waals surface area contributed by atoms with Crippen molar-refractivity contribution in [3.05, 3.63) is 23.8 Å². The molecule has 3 saturated carbocycles. The van der Waals surface area contributed by atoms with Crippen LogP contribution in [-0.2, 0) is 14.3 Å². The highest BCUT2D eigenvalue weighted by molar-refractivity contribution is 5.90. The van der Waals surface area contributed by atoms with Crippen LogP contribution < -0.4 is 0 Å². The fourth-order valence-corrected chi connectivity index (χ4v) is 9.27. The minimum atomic E-state index is -1.43. The maximum Gasteiger partial charge on any atom is 0.187 e. The summed E-state index contributed by atoms with van der Waals surface area (Å²) in [6.07, 6.45) is 5.92. The van der Waals surface area contributed by atoms with Crippen LogP contribution >= 0.6 is 0 Å². The lowest BCUT2D eigenvalue weighted by Crippen LogP contribution is -2.56. The van der Waals surface area contributed by atoms with Crippen LogP contribution in [0.25, 0.3) is 0 Å². The average Bonchev–Trinajstić information content (AvgIpc) is 3.13. The minimum absolute atomic E-state index is 0.00846. The summed E-state index contributed by atoms with van der Waals surface area (Å²) >= 11 is 0. The first-order valence-electron chi connectivity index (χ1n) is 15.7. The number of carbonyl (C=O) groups excluding carboxylic acids is 1. The van der Waals surface area contributed by atoms with Crippen LogP contribution in [0.5, 0.6) is 0 Å². The number of aliphatic hydroxyl groups is 4. The number of ketones is 1. The van der Waals surface area contributed by atoms with Crippen molar-refractivity contribution in [1.82, 2.24) is 0 Å². The second kappa shape index (κ2) is 11.2. The summed E-state index contributed by atoms with van der Waals surface area (Å²) in [4.78, 5) is 14.4. The standard InChI is InChI=1S/C33H52O7/c1-17(2)18(3)7-8-19(4)25-28(37)30(40-31-29(38)27(36)24(35)16-39-31)26-22-10-9-20-15-21(34)11-13-32(20,5)23(22)12-14-33(25,26)6/h7-9,17-19,21-27,29-31,34-36,38H,10-16H2,1-6H3/b8-7+/t18-,19+,21-,22+,23-,24+,25-,26+,27-,29+,30-,31-,32-,33+/m0/s1. The highest BCUT2D eigenvalue weighted by atomic mass is 16.7. The molecular formula is C33H52O7. The molecule has 0 amide bonds. The van der Waals surface area contributed by atoms with Crippen molar-refractivity contribution in [2.45, 2.75) is 117 Å². The van der Waals surface area contributed by atoms with Gasteiger partial charge in [0, 0.05) is 11.8 Å². The third-order valence-corrected chi connectivity index (χ3v) is 12.0. The fraction of sp³-hybridized carbons (Fsp3) is 0.848. The lowest BCUT2D eigenvalue weighted by atomic mass is 9.46. The van der Waals surface area contributed by atoms with Gasteiger partial charge in [-0.3, -0.25) is 4.79 Å². The first-order valence-corrected chi connectivity index (χ1v) is 15.7. The van der Waals surface area contributed by atoms with E-state index in [9.17, 15) is 25.2 Å². The Bertz CT molecular complexity index is 1010. The second-order valence-electron chi connectivity index (χ2n) is 14.7. The minimum Gasteiger partial charge on any atom is -0.393 e. The number of Topliss-reactive ketones (excluding diaryl/α,β-unsaturated/α-hetero) is 1. The molecular weight excluding hydrogens is 508 g/mol. The zero-order chi connectivity index (χ0) is 29.1. The number of rotatable bonds is 6. The van der Waals surface area contributed by atoms with E-state index in [1.54, 1.807) is 0 Å². The number of fused-ring (bicyclic) bond motifs is 5. The smallest absolute Gasteiger partial charge is 0.187 e. The molecule has 1 aliphatic heterocycles. The normalized spacial score (nSPS) is 48.9. The van der Waals surface area contributed by atoms with Crippen molar-refractivity contribution in [3.8, 4) is 0 Å². The van der Waals surface area contributed by atoms with E-state index in [-0.39, 0.29) is 53.0 Å². The maximum absolute atomic E-state index is 14.4. The molecule has 226 valence electrons. The van der Waals surface area contributed by atoms with Crippen molar-refractivity contribution < 1.29 is 34.7 Å². The Hall–Kier alpha value is -1.09. The van der Waals surface area contributed by atoms with Gasteiger partial charge in [0.1, 0.15) is 24.4 Å². The van der Waals surface area contributed by atoms with Crippen LogP contribution in [0.1, 0.15) is 80.1 Å². The Balaban J connectivity index is 1.50. The van der Waals surface area contributed by atoms with Crippen LogP contribution in [0.4, 0.5) is 0 Å². The quantitative estimate of drug-likeness (QED) is 0.363. The van der Waals surface area contributed by atoms with Gasteiger partial charge in [-0.25, -0.2) is 0 Å². The SMILES string of the molecule is CC(C)[C@@H](C)/C=C/[C@@H](C)[C@H]1C(=O)[C@@H](O[C@@H]2OC[C@@H](O)[C@H](O)[C@H]2O)[C@H]2[C@@H]3CC=C4C[C@@H](O)CC[C@]4(C)[C@H]3CC[C@@]21C. The van der Waals surface area contributed by atoms with E-state index in [2.05, 4.69) is 59.8 Å². The molecule has 0 aromatic carbocycles. The molecule has 0 aromatic rings. The third-order valence-electron chi connectivity index (χ3n) is 12.0. The van der Waals surface area contributed by atoms with Crippen LogP contribution in [0.15, 0.2) is 23.8 Å². The van der Waals surface area contributed by atoms with Crippen LogP contribution in [0, 0.1) is 52.3 Å². The molecule has 0 aromatic heterocycles. The molecule has 1 heterocycles. The lowest BCUT2D eigenvalue weighted by Gasteiger charge is -2.58. The van der Waals surface area contributed by atoms with E-state index < -0.39 is 30.7 Å². The van der Waals surface area contributed by atoms with Crippen molar-refractivity contribution in [3.63, 3.8) is 0 Å². The summed E-state index contributed by atoms with van der Waals surface area (Å²) in [5.74, 6) is 1.39. The Morgan fingerprint density at radius 1 is 1.02 bits per heavy atom. The van der Waals surface area contributed by atoms with Gasteiger partial charge >= 0.3 is 0 Å². The van der Waals surface area contributed by atoms with Gasteiger partial charge in [-0.2, -0.15) is 0 Å². The topological polar surface area (TPSA) is 116 Å². The molecule has 5 rings (SSSR count). The van der Waals surface area contributed by atoms with Crippen LogP contribution in [-0.4, -0.2) is 69.6 Å². The molecule has 7 nitrogen and oxygen atoms in total. The predicted octanol–water partition coefficient (Wildman–Crippen LogP) is 4.02. The highest BCUT2D eigenvalue weighted by Gasteiger charge is 2.66. The zero-order valence-corrected chi connectivity index (χ0v) is 25.2. The highest BCUT2D eigenvalue weighted by Crippen LogP contribution is 2.67. The summed E-state index contributed by atoms with van der Waals surface area (Å²) in [5.41, 5.74) is 1.10. The molecule has 14 atom stereocenters. The first-order chi connectivity index (χ1) is 18.8. The van der Waals surface area contributed by atoms with Gasteiger partial charge < -0.3 is 29.9 Å². The van der Waals surface area contributed by atoms with E-state index >= 15 is 0 Å². The van der Waals surface area contributed by atoms with E-state index in [0.29, 0.717) is 17.8 Å². The van der Waals surface area contributed by atoms with Crippen LogP contribution in [0.3, 0.4) is 0 Å². The van der Waals surface area contributed by atoms with E-state index in [4.69, 9.17) is 9.47 Å². The van der Waals surface area contributed by atoms with Crippen LogP contribution in [0.2, 0.25) is 0 Å². The van der Waals surface area contributed by atoms with E-state index in [1.807, 2.05) is 0 Å². The summed E-state index contributed by atoms with van der Waals surface area (Å²) in [7, 11) is 0. The molecule has 4 N–H and O–H groups in total. The monoisotopic (exact) mass is 560 g/mol. The summed E-state index contributed by atoms with van der Waals surface area (Å²) in [6.45, 7) is 13.3. The van der Waals surface area contributed by atoms with Gasteiger partial charge in [0.25, 0.3) is 0 Å². The molecule has 0 bridgehead atoms. The number of hydrogen-bond acceptors (Lipinski definition) is 7. The van der Waals surface area contributed by atoms with E-state index in [1.165, 1.54) is 5.57 Å². The van der Waals surface area contributed by atoms with Crippen molar-refractivity contribution in [2.24, 2.45) is 52.3 Å². The third kappa shape index (κ3) is 4.97. The molecule has 4 fully saturated rings. The van der Waals surface area contributed by atoms with Gasteiger partial charge in [-0.15, -0.1) is 0 Å². The predicted molar refractivity (Wildman–Crippen MR) is 152 cm³/mol. The number of aliphatic hydroxyl groups excluding tert-OH is 4. The molecule has 5 aliphatic rings. The molecule has 40 heavy (non-hydrogen) atoms. The summed E-state index contributed by atoms with van der Waals surface area (Å²) in [5, 5.41) is 41.5. The first kappa shape index (κ1) is 30.4. The van der Waals surface area contributed by atoms with Gasteiger partial charge in [0.05, 0.1) is 12.7 Å². The molecule has 0 radical (unpaired) electrons. The Kier molecular flexibility index (Phi) is 8.50. The zero-order valence-electron chi connectivity index (χ0n) is 25.2. The van der Waals surface area contributed by atoms with Crippen molar-refractivity contribution in [1.29, 1.82) is 0 Å². The number of hydrogen-bond donors (Lipinski definition) is 4. The molecule has 0 spiro atoms. The fourth-order valence-electron chi connectivity index (χ4n) is 9.27. The van der Waals surface area contributed by atoms with Crippen molar-refractivity contribution in [2.75, 3.05) is 6.61 Å². The second-order valence-corrected chi connectivity index (χ2v) is 14.7. The number of allylic oxidation sites excluding steroid dienone is 3. The molecule has 7 heteroatoms.